The smallest absolute Gasteiger partial charge is 0.0128 e. The predicted molar refractivity (Wildman–Crippen MR) is 106 cm³/mol. The topological polar surface area (TPSA) is 29.3 Å². The first kappa shape index (κ1) is 22.9. The Hall–Kier alpha value is -0.0800. The third-order valence-corrected chi connectivity index (χ3v) is 4.85. The van der Waals surface area contributed by atoms with Gasteiger partial charge >= 0.3 is 0 Å². The molecule has 0 aromatic carbocycles. The molecule has 2 nitrogen and oxygen atoms in total. The molecule has 0 radical (unpaired) electrons. The van der Waals surface area contributed by atoms with E-state index in [2.05, 4.69) is 18.9 Å². The normalized spacial score (nSPS) is 11.5. The molecule has 2 heteroatoms. The van der Waals surface area contributed by atoms with E-state index in [0.717, 1.165) is 13.1 Å². The fraction of sp³-hybridized carbons (Fsp3) is 1.00. The van der Waals surface area contributed by atoms with Crippen LogP contribution >= 0.6 is 0 Å². The summed E-state index contributed by atoms with van der Waals surface area (Å²) in [6, 6.07) is 0. The highest BCUT2D eigenvalue weighted by Crippen LogP contribution is 2.11. The number of hydrogen-bond donors (Lipinski definition) is 1. The van der Waals surface area contributed by atoms with E-state index >= 15 is 0 Å². The lowest BCUT2D eigenvalue weighted by Gasteiger charge is -2.15. The fourth-order valence-electron chi connectivity index (χ4n) is 3.19. The van der Waals surface area contributed by atoms with Crippen LogP contribution in [0.15, 0.2) is 0 Å². The molecule has 0 heterocycles. The quantitative estimate of drug-likeness (QED) is 0.160. The van der Waals surface area contributed by atoms with Gasteiger partial charge in [0, 0.05) is 13.1 Å². The molecule has 140 valence electrons. The molecule has 0 aromatic rings. The van der Waals surface area contributed by atoms with E-state index in [0.29, 0.717) is 0 Å². The maximum atomic E-state index is 6.08. The largest absolute Gasteiger partial charge is 0.269 e. The first-order valence-corrected chi connectivity index (χ1v) is 10.8. The van der Waals surface area contributed by atoms with Crippen molar-refractivity contribution in [2.24, 2.45) is 5.84 Å². The van der Waals surface area contributed by atoms with E-state index in [4.69, 9.17) is 5.84 Å². The Bertz CT molecular complexity index is 206. The monoisotopic (exact) mass is 326 g/mol. The molecule has 2 N–H and O–H groups in total. The Labute approximate surface area is 147 Å². The molecule has 0 bridgehead atoms. The van der Waals surface area contributed by atoms with Crippen molar-refractivity contribution in [3.8, 4) is 0 Å². The molecule has 0 aliphatic rings. The van der Waals surface area contributed by atoms with E-state index < -0.39 is 0 Å². The van der Waals surface area contributed by atoms with Crippen LogP contribution in [0.25, 0.3) is 0 Å². The molecule has 0 saturated carbocycles. The molecule has 0 amide bonds. The summed E-state index contributed by atoms with van der Waals surface area (Å²) in [7, 11) is 0. The minimum atomic E-state index is 1.09. The van der Waals surface area contributed by atoms with Gasteiger partial charge in [-0.3, -0.25) is 5.84 Å². The average Bonchev–Trinajstić information content (AvgIpc) is 2.55. The van der Waals surface area contributed by atoms with E-state index in [-0.39, 0.29) is 0 Å². The van der Waals surface area contributed by atoms with Crippen molar-refractivity contribution in [1.82, 2.24) is 5.01 Å². The first-order chi connectivity index (χ1) is 11.3. The van der Waals surface area contributed by atoms with Crippen molar-refractivity contribution in [3.63, 3.8) is 0 Å². The number of unbranched alkanes of at least 4 members (excludes halogenated alkanes) is 15. The summed E-state index contributed by atoms with van der Waals surface area (Å²) in [4.78, 5) is 0. The van der Waals surface area contributed by atoms with Crippen LogP contribution in [-0.2, 0) is 0 Å². The predicted octanol–water partition coefficient (Wildman–Crippen LogP) is 6.83. The number of nitrogens with two attached hydrogens (primary N) is 1. The molecule has 0 aliphatic heterocycles. The molecule has 0 aromatic heterocycles. The Morgan fingerprint density at radius 1 is 0.435 bits per heavy atom. The van der Waals surface area contributed by atoms with E-state index in [1.807, 2.05) is 0 Å². The van der Waals surface area contributed by atoms with Gasteiger partial charge in [-0.05, 0) is 12.8 Å². The van der Waals surface area contributed by atoms with Crippen LogP contribution in [0, 0.1) is 0 Å². The molecular formula is C21H46N2. The summed E-state index contributed by atoms with van der Waals surface area (Å²) in [5.74, 6) is 6.08. The first-order valence-electron chi connectivity index (χ1n) is 10.8. The molecule has 0 fully saturated rings. The lowest BCUT2D eigenvalue weighted by molar-refractivity contribution is 0.268. The summed E-state index contributed by atoms with van der Waals surface area (Å²) in [6.07, 6.45) is 23.6. The van der Waals surface area contributed by atoms with E-state index in [1.165, 1.54) is 109 Å². The molecule has 23 heavy (non-hydrogen) atoms. The number of rotatable bonds is 19. The van der Waals surface area contributed by atoms with Gasteiger partial charge < -0.3 is 0 Å². The Morgan fingerprint density at radius 2 is 0.696 bits per heavy atom. The molecule has 0 rings (SSSR count). The maximum absolute atomic E-state index is 6.08. The second kappa shape index (κ2) is 20.0. The lowest BCUT2D eigenvalue weighted by atomic mass is 10.1. The maximum Gasteiger partial charge on any atom is 0.0128 e. The van der Waals surface area contributed by atoms with Crippen LogP contribution in [-0.4, -0.2) is 18.1 Å². The number of hydrogen-bond acceptors (Lipinski definition) is 2. The lowest BCUT2D eigenvalue weighted by Crippen LogP contribution is -2.32. The minimum Gasteiger partial charge on any atom is -0.269 e. The molecule has 0 aliphatic carbocycles. The average molecular weight is 327 g/mol. The molecular weight excluding hydrogens is 280 g/mol. The van der Waals surface area contributed by atoms with Gasteiger partial charge in [-0.2, -0.15) is 0 Å². The van der Waals surface area contributed by atoms with Gasteiger partial charge in [0.25, 0.3) is 0 Å². The zero-order chi connectivity index (χ0) is 17.0. The van der Waals surface area contributed by atoms with Crippen molar-refractivity contribution in [3.05, 3.63) is 0 Å². The van der Waals surface area contributed by atoms with Crippen molar-refractivity contribution in [2.45, 2.75) is 123 Å². The van der Waals surface area contributed by atoms with Gasteiger partial charge in [-0.15, -0.1) is 0 Å². The fourth-order valence-corrected chi connectivity index (χ4v) is 3.19. The summed E-state index contributed by atoms with van der Waals surface area (Å²) >= 11 is 0. The van der Waals surface area contributed by atoms with Gasteiger partial charge in [0.1, 0.15) is 0 Å². The van der Waals surface area contributed by atoms with Gasteiger partial charge in [0.15, 0.2) is 0 Å². The zero-order valence-corrected chi connectivity index (χ0v) is 16.5. The van der Waals surface area contributed by atoms with Crippen molar-refractivity contribution in [2.75, 3.05) is 13.1 Å². The Balaban J connectivity index is 3.11. The standard InChI is InChI=1S/C21H46N2/c1-3-5-7-9-11-12-13-15-17-19-21-23(22)20-18-16-14-10-8-6-4-2/h3-22H2,1-2H3. The summed E-state index contributed by atoms with van der Waals surface area (Å²) in [5.41, 5.74) is 0. The second-order valence-corrected chi connectivity index (χ2v) is 7.34. The SMILES string of the molecule is CCCCCCCCCCCCN(N)CCCCCCCCC. The van der Waals surface area contributed by atoms with Crippen LogP contribution in [0.2, 0.25) is 0 Å². The zero-order valence-electron chi connectivity index (χ0n) is 16.5. The van der Waals surface area contributed by atoms with E-state index in [1.54, 1.807) is 0 Å². The number of nitrogens with zero attached hydrogens (tertiary/aromatic N) is 1. The Kier molecular flexibility index (Phi) is 19.9. The van der Waals surface area contributed by atoms with Crippen LogP contribution in [0.5, 0.6) is 0 Å². The summed E-state index contributed by atoms with van der Waals surface area (Å²) in [5, 5.41) is 2.05. The summed E-state index contributed by atoms with van der Waals surface area (Å²) < 4.78 is 0. The van der Waals surface area contributed by atoms with Gasteiger partial charge in [-0.25, -0.2) is 5.01 Å². The number of hydrazine groups is 1. The molecule has 0 unspecified atom stereocenters. The summed E-state index contributed by atoms with van der Waals surface area (Å²) in [6.45, 7) is 6.74. The third kappa shape index (κ3) is 19.9. The Morgan fingerprint density at radius 3 is 1.00 bits per heavy atom. The third-order valence-electron chi connectivity index (χ3n) is 4.85. The molecule has 0 spiro atoms. The second-order valence-electron chi connectivity index (χ2n) is 7.34. The highest BCUT2D eigenvalue weighted by molar-refractivity contribution is 4.53. The van der Waals surface area contributed by atoms with Crippen LogP contribution in [0.3, 0.4) is 0 Å². The molecule has 0 atom stereocenters. The van der Waals surface area contributed by atoms with Gasteiger partial charge in [-0.1, -0.05) is 110 Å². The van der Waals surface area contributed by atoms with Gasteiger partial charge in [0.2, 0.25) is 0 Å². The van der Waals surface area contributed by atoms with Crippen molar-refractivity contribution in [1.29, 1.82) is 0 Å². The highest BCUT2D eigenvalue weighted by atomic mass is 15.4. The van der Waals surface area contributed by atoms with Crippen molar-refractivity contribution >= 4 is 0 Å². The van der Waals surface area contributed by atoms with E-state index in [9.17, 15) is 0 Å². The van der Waals surface area contributed by atoms with Crippen LogP contribution in [0.4, 0.5) is 0 Å². The highest BCUT2D eigenvalue weighted by Gasteiger charge is 1.99. The molecule has 0 saturated heterocycles. The minimum absolute atomic E-state index is 1.09. The van der Waals surface area contributed by atoms with Crippen molar-refractivity contribution < 1.29 is 0 Å². The van der Waals surface area contributed by atoms with Crippen LogP contribution < -0.4 is 5.84 Å². The van der Waals surface area contributed by atoms with Crippen LogP contribution in [0.1, 0.15) is 123 Å². The van der Waals surface area contributed by atoms with Gasteiger partial charge in [0.05, 0.1) is 0 Å².